The van der Waals surface area contributed by atoms with Crippen molar-refractivity contribution in [3.05, 3.63) is 108 Å². The molecule has 9 nitrogen and oxygen atoms in total. The van der Waals surface area contributed by atoms with E-state index in [0.717, 1.165) is 11.8 Å². The van der Waals surface area contributed by atoms with E-state index in [1.54, 1.807) is 91.0 Å². The van der Waals surface area contributed by atoms with Gasteiger partial charge in [0.05, 0.1) is 21.9 Å². The zero-order valence-electron chi connectivity index (χ0n) is 21.8. The van der Waals surface area contributed by atoms with Crippen LogP contribution in [0, 0.1) is 0 Å². The monoisotopic (exact) mass is 564 g/mol. The van der Waals surface area contributed by atoms with Crippen LogP contribution in [0.1, 0.15) is 38.0 Å². The smallest absolute Gasteiger partial charge is 0.338 e. The summed E-state index contributed by atoms with van der Waals surface area (Å²) in [6.07, 6.45) is -4.60. The minimum atomic E-state index is -1.25. The minimum Gasteiger partial charge on any atom is -0.459 e. The second kappa shape index (κ2) is 13.9. The van der Waals surface area contributed by atoms with Crippen LogP contribution < -0.4 is 0 Å². The maximum atomic E-state index is 13.2. The summed E-state index contributed by atoms with van der Waals surface area (Å²) < 4.78 is 28.8. The highest BCUT2D eigenvalue weighted by Gasteiger charge is 2.52. The number of methoxy groups -OCH3 is 1. The largest absolute Gasteiger partial charge is 0.459 e. The first kappa shape index (κ1) is 29.0. The molecule has 10 heteroatoms. The standard InChI is InChI=1S/C30H28O9S/c1-19(31)40-26-23(18-36-27(32)20-12-6-3-7-13-20)37-30(35-2)25(39-29(34)22-16-10-5-11-17-22)24(26)38-28(33)21-14-8-4-9-15-21/h3-17,23-26,30H,18H2,1-2H3/t23-,24-,25-,26+,30-/m1/s1. The molecule has 0 unspecified atom stereocenters. The van der Waals surface area contributed by atoms with Gasteiger partial charge in [0.15, 0.2) is 23.6 Å². The second-order valence-corrected chi connectivity index (χ2v) is 10.1. The molecule has 1 fully saturated rings. The summed E-state index contributed by atoms with van der Waals surface area (Å²) in [6.45, 7) is 1.07. The zero-order chi connectivity index (χ0) is 28.5. The first-order chi connectivity index (χ1) is 19.4. The van der Waals surface area contributed by atoms with Crippen LogP contribution in [-0.4, -0.2) is 66.6 Å². The maximum Gasteiger partial charge on any atom is 0.338 e. The molecule has 5 atom stereocenters. The summed E-state index contributed by atoms with van der Waals surface area (Å²) in [5, 5.41) is -1.22. The molecule has 1 aliphatic heterocycles. The lowest BCUT2D eigenvalue weighted by atomic mass is 10.0. The Balaban J connectivity index is 1.64. The molecule has 0 amide bonds. The van der Waals surface area contributed by atoms with Crippen molar-refractivity contribution >= 4 is 34.8 Å². The van der Waals surface area contributed by atoms with E-state index in [2.05, 4.69) is 0 Å². The number of hydrogen-bond acceptors (Lipinski definition) is 10. The van der Waals surface area contributed by atoms with Crippen molar-refractivity contribution in [2.45, 2.75) is 36.8 Å². The van der Waals surface area contributed by atoms with Crippen LogP contribution in [0.3, 0.4) is 0 Å². The molecule has 0 radical (unpaired) electrons. The minimum absolute atomic E-state index is 0.259. The van der Waals surface area contributed by atoms with E-state index in [9.17, 15) is 19.2 Å². The van der Waals surface area contributed by atoms with Crippen molar-refractivity contribution in [2.75, 3.05) is 13.7 Å². The van der Waals surface area contributed by atoms with Crippen LogP contribution in [-0.2, 0) is 28.5 Å². The summed E-state index contributed by atoms with van der Waals surface area (Å²) in [7, 11) is 1.34. The fourth-order valence-electron chi connectivity index (χ4n) is 4.14. The lowest BCUT2D eigenvalue weighted by molar-refractivity contribution is -0.258. The summed E-state index contributed by atoms with van der Waals surface area (Å²) in [5.41, 5.74) is 0.856. The summed E-state index contributed by atoms with van der Waals surface area (Å²) in [5.74, 6) is -1.99. The van der Waals surface area contributed by atoms with Gasteiger partial charge in [0, 0.05) is 14.0 Å². The molecule has 0 aliphatic carbocycles. The highest BCUT2D eigenvalue weighted by atomic mass is 32.2. The van der Waals surface area contributed by atoms with Crippen molar-refractivity contribution in [3.63, 3.8) is 0 Å². The quantitative estimate of drug-likeness (QED) is 0.275. The van der Waals surface area contributed by atoms with E-state index >= 15 is 0 Å². The molecule has 1 aliphatic rings. The highest BCUT2D eigenvalue weighted by Crippen LogP contribution is 2.35. The number of hydrogen-bond donors (Lipinski definition) is 0. The summed E-state index contributed by atoms with van der Waals surface area (Å²) in [6, 6.07) is 24.9. The van der Waals surface area contributed by atoms with Gasteiger partial charge in [0.2, 0.25) is 0 Å². The predicted octanol–water partition coefficient (Wildman–Crippen LogP) is 4.31. The fourth-order valence-corrected chi connectivity index (χ4v) is 5.17. The average molecular weight is 565 g/mol. The van der Waals surface area contributed by atoms with E-state index < -0.39 is 47.8 Å². The third kappa shape index (κ3) is 7.35. The SMILES string of the molecule is CO[C@@H]1O[C@H](COC(=O)c2ccccc2)[C@H](SC(C)=O)[C@H](OC(=O)c2ccccc2)[C@H]1OC(=O)c1ccccc1. The van der Waals surface area contributed by atoms with Gasteiger partial charge < -0.3 is 23.7 Å². The number of carbonyl (C=O) groups is 4. The molecule has 1 heterocycles. The third-order valence-electron chi connectivity index (χ3n) is 6.02. The van der Waals surface area contributed by atoms with Crippen LogP contribution in [0.25, 0.3) is 0 Å². The lowest BCUT2D eigenvalue weighted by Gasteiger charge is -2.44. The van der Waals surface area contributed by atoms with Crippen LogP contribution in [0.2, 0.25) is 0 Å². The number of rotatable bonds is 9. The number of ether oxygens (including phenoxy) is 5. The van der Waals surface area contributed by atoms with Gasteiger partial charge in [-0.15, -0.1) is 0 Å². The Bertz CT molecular complexity index is 1300. The number of carbonyl (C=O) groups excluding carboxylic acids is 4. The van der Waals surface area contributed by atoms with Crippen molar-refractivity contribution < 1.29 is 42.9 Å². The Labute approximate surface area is 235 Å². The van der Waals surface area contributed by atoms with Gasteiger partial charge >= 0.3 is 17.9 Å². The molecular weight excluding hydrogens is 536 g/mol. The topological polar surface area (TPSA) is 114 Å². The van der Waals surface area contributed by atoms with Crippen LogP contribution in [0.15, 0.2) is 91.0 Å². The Kier molecular flexibility index (Phi) is 10.1. The molecule has 0 bridgehead atoms. The van der Waals surface area contributed by atoms with E-state index in [-0.39, 0.29) is 22.8 Å². The predicted molar refractivity (Wildman–Crippen MR) is 146 cm³/mol. The van der Waals surface area contributed by atoms with Crippen LogP contribution >= 0.6 is 11.8 Å². The van der Waals surface area contributed by atoms with Gasteiger partial charge in [-0.1, -0.05) is 66.4 Å². The van der Waals surface area contributed by atoms with E-state index in [1.165, 1.54) is 14.0 Å². The molecular formula is C30H28O9S. The van der Waals surface area contributed by atoms with Gasteiger partial charge in [-0.25, -0.2) is 14.4 Å². The molecule has 0 aromatic heterocycles. The lowest BCUT2D eigenvalue weighted by Crippen LogP contribution is -2.61. The number of esters is 3. The van der Waals surface area contributed by atoms with Crippen LogP contribution in [0.4, 0.5) is 0 Å². The second-order valence-electron chi connectivity index (χ2n) is 8.79. The van der Waals surface area contributed by atoms with E-state index in [4.69, 9.17) is 23.7 Å². The average Bonchev–Trinajstić information content (AvgIpc) is 2.99. The molecule has 3 aromatic rings. The van der Waals surface area contributed by atoms with Crippen molar-refractivity contribution in [3.8, 4) is 0 Å². The summed E-state index contributed by atoms with van der Waals surface area (Å²) in [4.78, 5) is 51.2. The first-order valence-electron chi connectivity index (χ1n) is 12.5. The molecule has 1 saturated heterocycles. The molecule has 0 N–H and O–H groups in total. The Morgan fingerprint density at radius 2 is 1.15 bits per heavy atom. The third-order valence-corrected chi connectivity index (χ3v) is 7.19. The van der Waals surface area contributed by atoms with Gasteiger partial charge in [0.1, 0.15) is 12.7 Å². The Morgan fingerprint density at radius 3 is 1.60 bits per heavy atom. The van der Waals surface area contributed by atoms with Crippen molar-refractivity contribution in [1.82, 2.24) is 0 Å². The first-order valence-corrected chi connectivity index (χ1v) is 13.3. The maximum absolute atomic E-state index is 13.2. The number of benzene rings is 3. The van der Waals surface area contributed by atoms with Gasteiger partial charge in [-0.05, 0) is 36.4 Å². The Morgan fingerprint density at radius 1 is 0.700 bits per heavy atom. The molecule has 40 heavy (non-hydrogen) atoms. The Hall–Kier alpha value is -3.99. The fraction of sp³-hybridized carbons (Fsp3) is 0.267. The zero-order valence-corrected chi connectivity index (χ0v) is 22.7. The molecule has 0 spiro atoms. The van der Waals surface area contributed by atoms with Gasteiger partial charge in [-0.3, -0.25) is 4.79 Å². The molecule has 4 rings (SSSR count). The van der Waals surface area contributed by atoms with Crippen molar-refractivity contribution in [1.29, 1.82) is 0 Å². The molecule has 3 aromatic carbocycles. The normalized spacial score (nSPS) is 22.1. The summed E-state index contributed by atoms with van der Waals surface area (Å²) >= 11 is 0.836. The van der Waals surface area contributed by atoms with E-state index in [1.807, 2.05) is 0 Å². The van der Waals surface area contributed by atoms with Crippen molar-refractivity contribution in [2.24, 2.45) is 0 Å². The highest BCUT2D eigenvalue weighted by molar-refractivity contribution is 8.14. The van der Waals surface area contributed by atoms with Gasteiger partial charge in [-0.2, -0.15) is 0 Å². The van der Waals surface area contributed by atoms with E-state index in [0.29, 0.717) is 5.56 Å². The van der Waals surface area contributed by atoms with Crippen LogP contribution in [0.5, 0.6) is 0 Å². The molecule has 0 saturated carbocycles. The number of thioether (sulfide) groups is 1. The molecule has 208 valence electrons. The van der Waals surface area contributed by atoms with Gasteiger partial charge in [0.25, 0.3) is 0 Å².